The van der Waals surface area contributed by atoms with Crippen LogP contribution in [0.25, 0.3) is 0 Å². The Labute approximate surface area is 119 Å². The van der Waals surface area contributed by atoms with Crippen molar-refractivity contribution in [3.8, 4) is 0 Å². The van der Waals surface area contributed by atoms with Crippen LogP contribution in [0.2, 0.25) is 0 Å². The molecule has 1 unspecified atom stereocenters. The van der Waals surface area contributed by atoms with Gasteiger partial charge in [-0.25, -0.2) is 17.6 Å². The first kappa shape index (κ1) is 15.4. The van der Waals surface area contributed by atoms with Crippen LogP contribution in [0, 0.1) is 23.3 Å². The molecule has 1 heterocycles. The molecule has 0 amide bonds. The highest BCUT2D eigenvalue weighted by Crippen LogP contribution is 2.25. The van der Waals surface area contributed by atoms with Crippen molar-refractivity contribution in [1.82, 2.24) is 10.3 Å². The third-order valence-corrected chi connectivity index (χ3v) is 3.00. The van der Waals surface area contributed by atoms with E-state index in [0.717, 1.165) is 24.8 Å². The van der Waals surface area contributed by atoms with Crippen molar-refractivity contribution in [2.45, 2.75) is 19.4 Å². The van der Waals surface area contributed by atoms with Crippen molar-refractivity contribution in [3.63, 3.8) is 0 Å². The van der Waals surface area contributed by atoms with Crippen LogP contribution in [0.3, 0.4) is 0 Å². The number of pyridine rings is 1. The molecule has 0 saturated heterocycles. The van der Waals surface area contributed by atoms with Gasteiger partial charge in [-0.3, -0.25) is 4.98 Å². The maximum Gasteiger partial charge on any atom is 0.194 e. The monoisotopic (exact) mass is 298 g/mol. The fourth-order valence-electron chi connectivity index (χ4n) is 2.04. The predicted octanol–water partition coefficient (Wildman–Crippen LogP) is 3.73. The van der Waals surface area contributed by atoms with E-state index in [-0.39, 0.29) is 5.56 Å². The molecule has 2 aromatic rings. The van der Waals surface area contributed by atoms with Crippen molar-refractivity contribution < 1.29 is 17.6 Å². The van der Waals surface area contributed by atoms with E-state index in [0.29, 0.717) is 12.1 Å². The van der Waals surface area contributed by atoms with Gasteiger partial charge in [-0.1, -0.05) is 6.92 Å². The fraction of sp³-hybridized carbons (Fsp3) is 0.267. The highest BCUT2D eigenvalue weighted by Gasteiger charge is 2.19. The molecule has 1 aromatic heterocycles. The Hall–Kier alpha value is -1.95. The zero-order valence-corrected chi connectivity index (χ0v) is 11.3. The minimum Gasteiger partial charge on any atom is -0.306 e. The summed E-state index contributed by atoms with van der Waals surface area (Å²) < 4.78 is 53.1. The number of aromatic nitrogens is 1. The molecular formula is C15H14F4N2. The number of benzene rings is 1. The molecule has 0 saturated carbocycles. The summed E-state index contributed by atoms with van der Waals surface area (Å²) in [5.41, 5.74) is 0.584. The van der Waals surface area contributed by atoms with Crippen LogP contribution < -0.4 is 5.32 Å². The molecule has 6 heteroatoms. The third kappa shape index (κ3) is 3.58. The SMILES string of the molecule is CCCNC(c1cncc(F)c1)c1cc(F)c(F)c(F)c1. The Morgan fingerprint density at radius 2 is 1.67 bits per heavy atom. The summed E-state index contributed by atoms with van der Waals surface area (Å²) in [6.07, 6.45) is 3.20. The average molecular weight is 298 g/mol. The van der Waals surface area contributed by atoms with E-state index in [4.69, 9.17) is 0 Å². The molecule has 1 aromatic carbocycles. The Balaban J connectivity index is 2.45. The number of nitrogens with one attached hydrogen (secondary N) is 1. The van der Waals surface area contributed by atoms with Gasteiger partial charge < -0.3 is 5.32 Å². The first-order valence-electron chi connectivity index (χ1n) is 6.51. The lowest BCUT2D eigenvalue weighted by Gasteiger charge is -2.19. The Morgan fingerprint density at radius 1 is 1.00 bits per heavy atom. The number of hydrogen-bond acceptors (Lipinski definition) is 2. The van der Waals surface area contributed by atoms with Gasteiger partial charge in [-0.05, 0) is 42.3 Å². The molecule has 21 heavy (non-hydrogen) atoms. The quantitative estimate of drug-likeness (QED) is 0.672. The second-order valence-corrected chi connectivity index (χ2v) is 4.62. The smallest absolute Gasteiger partial charge is 0.194 e. The molecule has 112 valence electrons. The van der Waals surface area contributed by atoms with Crippen LogP contribution in [0.5, 0.6) is 0 Å². The standard InChI is InChI=1S/C15H14F4N2/c1-2-3-21-15(10-4-11(16)8-20-7-10)9-5-12(17)14(19)13(18)6-9/h4-8,15,21H,2-3H2,1H3. The second-order valence-electron chi connectivity index (χ2n) is 4.62. The Morgan fingerprint density at radius 3 is 2.24 bits per heavy atom. The van der Waals surface area contributed by atoms with E-state index in [1.54, 1.807) is 0 Å². The van der Waals surface area contributed by atoms with Crippen molar-refractivity contribution >= 4 is 0 Å². The van der Waals surface area contributed by atoms with Gasteiger partial charge in [0.05, 0.1) is 12.2 Å². The summed E-state index contributed by atoms with van der Waals surface area (Å²) >= 11 is 0. The molecule has 1 N–H and O–H groups in total. The van der Waals surface area contributed by atoms with Crippen LogP contribution in [0.4, 0.5) is 17.6 Å². The van der Waals surface area contributed by atoms with Gasteiger partial charge in [0.15, 0.2) is 17.5 Å². The number of rotatable bonds is 5. The van der Waals surface area contributed by atoms with Crippen LogP contribution in [-0.2, 0) is 0 Å². The van der Waals surface area contributed by atoms with Gasteiger partial charge in [-0.2, -0.15) is 0 Å². The molecule has 0 fully saturated rings. The molecule has 2 rings (SSSR count). The fourth-order valence-corrected chi connectivity index (χ4v) is 2.04. The molecular weight excluding hydrogens is 284 g/mol. The summed E-state index contributed by atoms with van der Waals surface area (Å²) in [5.74, 6) is -4.64. The average Bonchev–Trinajstić information content (AvgIpc) is 2.45. The molecule has 1 atom stereocenters. The molecule has 0 aliphatic heterocycles. The van der Waals surface area contributed by atoms with Gasteiger partial charge in [0.1, 0.15) is 5.82 Å². The number of hydrogen-bond donors (Lipinski definition) is 1. The zero-order valence-electron chi connectivity index (χ0n) is 11.3. The Bertz CT molecular complexity index is 608. The van der Waals surface area contributed by atoms with Crippen molar-refractivity contribution in [2.24, 2.45) is 0 Å². The molecule has 0 radical (unpaired) electrons. The maximum absolute atomic E-state index is 13.4. The van der Waals surface area contributed by atoms with Crippen molar-refractivity contribution in [2.75, 3.05) is 6.54 Å². The van der Waals surface area contributed by atoms with E-state index in [1.165, 1.54) is 12.3 Å². The lowest BCUT2D eigenvalue weighted by atomic mass is 9.99. The summed E-state index contributed by atoms with van der Waals surface area (Å²) in [6.45, 7) is 2.46. The van der Waals surface area contributed by atoms with E-state index in [1.807, 2.05) is 6.92 Å². The molecule has 0 bridgehead atoms. The Kier molecular flexibility index (Phi) is 4.90. The third-order valence-electron chi connectivity index (χ3n) is 3.00. The second kappa shape index (κ2) is 6.67. The van der Waals surface area contributed by atoms with Gasteiger partial charge in [-0.15, -0.1) is 0 Å². The number of halogens is 4. The molecule has 0 aliphatic rings. The lowest BCUT2D eigenvalue weighted by Crippen LogP contribution is -2.24. The highest BCUT2D eigenvalue weighted by molar-refractivity contribution is 5.31. The summed E-state index contributed by atoms with van der Waals surface area (Å²) in [4.78, 5) is 3.72. The first-order valence-corrected chi connectivity index (χ1v) is 6.51. The molecule has 0 spiro atoms. The van der Waals surface area contributed by atoms with E-state index in [2.05, 4.69) is 10.3 Å². The van der Waals surface area contributed by atoms with E-state index < -0.39 is 29.3 Å². The first-order chi connectivity index (χ1) is 10.0. The predicted molar refractivity (Wildman–Crippen MR) is 70.6 cm³/mol. The normalized spacial score (nSPS) is 12.4. The zero-order chi connectivity index (χ0) is 15.4. The lowest BCUT2D eigenvalue weighted by molar-refractivity contribution is 0.442. The minimum atomic E-state index is -1.52. The highest BCUT2D eigenvalue weighted by atomic mass is 19.2. The molecule has 0 aliphatic carbocycles. The van der Waals surface area contributed by atoms with E-state index >= 15 is 0 Å². The summed E-state index contributed by atoms with van der Waals surface area (Å²) in [6, 6.07) is 2.35. The van der Waals surface area contributed by atoms with Gasteiger partial charge in [0.25, 0.3) is 0 Å². The van der Waals surface area contributed by atoms with Crippen molar-refractivity contribution in [1.29, 1.82) is 0 Å². The summed E-state index contributed by atoms with van der Waals surface area (Å²) in [7, 11) is 0. The number of nitrogens with zero attached hydrogens (tertiary/aromatic N) is 1. The summed E-state index contributed by atoms with van der Waals surface area (Å²) in [5, 5.41) is 3.04. The molecule has 2 nitrogen and oxygen atoms in total. The van der Waals surface area contributed by atoms with Crippen LogP contribution in [0.1, 0.15) is 30.5 Å². The van der Waals surface area contributed by atoms with Crippen LogP contribution in [-0.4, -0.2) is 11.5 Å². The van der Waals surface area contributed by atoms with Gasteiger partial charge in [0, 0.05) is 6.20 Å². The van der Waals surface area contributed by atoms with Gasteiger partial charge in [0.2, 0.25) is 0 Å². The van der Waals surface area contributed by atoms with E-state index in [9.17, 15) is 17.6 Å². The van der Waals surface area contributed by atoms with Crippen LogP contribution >= 0.6 is 0 Å². The maximum atomic E-state index is 13.4. The largest absolute Gasteiger partial charge is 0.306 e. The van der Waals surface area contributed by atoms with Crippen molar-refractivity contribution in [3.05, 3.63) is 65.0 Å². The minimum absolute atomic E-state index is 0.173. The van der Waals surface area contributed by atoms with Gasteiger partial charge >= 0.3 is 0 Å². The van der Waals surface area contributed by atoms with Crippen LogP contribution in [0.15, 0.2) is 30.6 Å². The topological polar surface area (TPSA) is 24.9 Å².